The molecule has 0 spiro atoms. The highest BCUT2D eigenvalue weighted by molar-refractivity contribution is 5.94. The van der Waals surface area contributed by atoms with Gasteiger partial charge in [0.2, 0.25) is 0 Å². The van der Waals surface area contributed by atoms with Crippen molar-refractivity contribution in [3.63, 3.8) is 0 Å². The van der Waals surface area contributed by atoms with Crippen molar-refractivity contribution < 1.29 is 19.4 Å². The second kappa shape index (κ2) is 11.1. The molecular weight excluding hydrogens is 464 g/mol. The molecule has 1 saturated carbocycles. The minimum Gasteiger partial charge on any atom is -0.487 e. The van der Waals surface area contributed by atoms with Crippen LogP contribution in [0.5, 0.6) is 5.75 Å². The number of carboxylic acid groups (broad SMARTS) is 1. The van der Waals surface area contributed by atoms with E-state index in [4.69, 9.17) is 9.84 Å². The molecule has 3 aromatic rings. The van der Waals surface area contributed by atoms with E-state index in [0.717, 1.165) is 48.1 Å². The number of carboxylic acids is 1. The molecule has 0 aromatic heterocycles. The maximum absolute atomic E-state index is 13.0. The number of benzene rings is 3. The summed E-state index contributed by atoms with van der Waals surface area (Å²) in [5, 5.41) is 12.1. The van der Waals surface area contributed by atoms with E-state index >= 15 is 0 Å². The van der Waals surface area contributed by atoms with Gasteiger partial charge in [0.1, 0.15) is 11.9 Å². The molecular formula is C31H34N2O4. The van der Waals surface area contributed by atoms with Gasteiger partial charge in [-0.05, 0) is 78.8 Å². The van der Waals surface area contributed by atoms with E-state index < -0.39 is 5.97 Å². The number of urea groups is 1. The molecule has 1 atom stereocenters. The fraction of sp³-hybridized carbons (Fsp3) is 0.355. The molecule has 5 rings (SSSR count). The molecule has 6 heteroatoms. The second-order valence-corrected chi connectivity index (χ2v) is 10.3. The third kappa shape index (κ3) is 5.96. The standard InChI is InChI=1S/C31H34N2O4/c1-21-20-33(31(36)32-19-23-5-3-2-4-6-23)28-16-15-27(18-29(28)37-21)26-13-11-25(12-14-26)24-9-7-22(8-10-24)17-30(34)35/h2-6,11-16,18,21-22,24H,7-10,17,19-20H2,1H3,(H,32,36)(H,34,35). The number of fused-ring (bicyclic) bond motifs is 1. The monoisotopic (exact) mass is 498 g/mol. The summed E-state index contributed by atoms with van der Waals surface area (Å²) in [6.07, 6.45) is 4.23. The second-order valence-electron chi connectivity index (χ2n) is 10.3. The van der Waals surface area contributed by atoms with Gasteiger partial charge in [-0.25, -0.2) is 4.79 Å². The predicted molar refractivity (Wildman–Crippen MR) is 145 cm³/mol. The Morgan fingerprint density at radius 1 is 0.946 bits per heavy atom. The zero-order chi connectivity index (χ0) is 25.8. The molecule has 6 nitrogen and oxygen atoms in total. The van der Waals surface area contributed by atoms with Crippen LogP contribution in [0, 0.1) is 5.92 Å². The van der Waals surface area contributed by atoms with E-state index in [1.54, 1.807) is 4.90 Å². The van der Waals surface area contributed by atoms with Crippen molar-refractivity contribution in [2.75, 3.05) is 11.4 Å². The lowest BCUT2D eigenvalue weighted by Crippen LogP contribution is -2.47. The number of ether oxygens (including phenoxy) is 1. The summed E-state index contributed by atoms with van der Waals surface area (Å²) in [6.45, 7) is 2.95. The van der Waals surface area contributed by atoms with E-state index in [-0.39, 0.29) is 18.6 Å². The summed E-state index contributed by atoms with van der Waals surface area (Å²) in [4.78, 5) is 25.8. The van der Waals surface area contributed by atoms with Gasteiger partial charge in [0, 0.05) is 13.0 Å². The molecule has 0 bridgehead atoms. The Balaban J connectivity index is 1.26. The van der Waals surface area contributed by atoms with Crippen molar-refractivity contribution in [1.82, 2.24) is 5.32 Å². The predicted octanol–water partition coefficient (Wildman–Crippen LogP) is 6.60. The van der Waals surface area contributed by atoms with Gasteiger partial charge < -0.3 is 15.2 Å². The maximum atomic E-state index is 13.0. The van der Waals surface area contributed by atoms with Crippen LogP contribution in [0.2, 0.25) is 0 Å². The van der Waals surface area contributed by atoms with Crippen molar-refractivity contribution in [2.45, 2.75) is 57.6 Å². The molecule has 2 amide bonds. The summed E-state index contributed by atoms with van der Waals surface area (Å²) < 4.78 is 6.13. The van der Waals surface area contributed by atoms with Crippen LogP contribution in [0.1, 0.15) is 56.1 Å². The first kappa shape index (κ1) is 24.9. The van der Waals surface area contributed by atoms with Crippen molar-refractivity contribution in [3.05, 3.63) is 83.9 Å². The van der Waals surface area contributed by atoms with Gasteiger partial charge in [-0.2, -0.15) is 0 Å². The number of anilines is 1. The average Bonchev–Trinajstić information content (AvgIpc) is 2.91. The van der Waals surface area contributed by atoms with Crippen LogP contribution in [0.15, 0.2) is 72.8 Å². The zero-order valence-corrected chi connectivity index (χ0v) is 21.2. The van der Waals surface area contributed by atoms with Gasteiger partial charge >= 0.3 is 12.0 Å². The van der Waals surface area contributed by atoms with Gasteiger partial charge in [0.25, 0.3) is 0 Å². The van der Waals surface area contributed by atoms with Crippen molar-refractivity contribution in [2.24, 2.45) is 5.92 Å². The minimum absolute atomic E-state index is 0.108. The molecule has 1 unspecified atom stereocenters. The van der Waals surface area contributed by atoms with Crippen LogP contribution in [-0.4, -0.2) is 29.8 Å². The van der Waals surface area contributed by atoms with Gasteiger partial charge in [0.05, 0.1) is 12.2 Å². The van der Waals surface area contributed by atoms with E-state index in [2.05, 4.69) is 29.6 Å². The van der Waals surface area contributed by atoms with E-state index in [1.807, 2.05) is 55.5 Å². The minimum atomic E-state index is -0.688. The lowest BCUT2D eigenvalue weighted by atomic mass is 9.77. The molecule has 1 fully saturated rings. The maximum Gasteiger partial charge on any atom is 0.322 e. The first-order chi connectivity index (χ1) is 18.0. The topological polar surface area (TPSA) is 78.9 Å². The summed E-state index contributed by atoms with van der Waals surface area (Å²) in [5.74, 6) is 0.833. The van der Waals surface area contributed by atoms with Crippen LogP contribution in [-0.2, 0) is 11.3 Å². The molecule has 37 heavy (non-hydrogen) atoms. The molecule has 0 radical (unpaired) electrons. The van der Waals surface area contributed by atoms with Crippen molar-refractivity contribution in [3.8, 4) is 16.9 Å². The molecule has 2 N–H and O–H groups in total. The van der Waals surface area contributed by atoms with Crippen LogP contribution < -0.4 is 15.0 Å². The Kier molecular flexibility index (Phi) is 7.45. The largest absolute Gasteiger partial charge is 0.487 e. The quantitative estimate of drug-likeness (QED) is 0.401. The number of rotatable bonds is 6. The van der Waals surface area contributed by atoms with E-state index in [0.29, 0.717) is 30.7 Å². The van der Waals surface area contributed by atoms with Gasteiger partial charge in [-0.1, -0.05) is 60.7 Å². The van der Waals surface area contributed by atoms with Crippen LogP contribution in [0.3, 0.4) is 0 Å². The fourth-order valence-corrected chi connectivity index (χ4v) is 5.58. The number of nitrogens with zero attached hydrogens (tertiary/aromatic N) is 1. The molecule has 0 saturated heterocycles. The van der Waals surface area contributed by atoms with Crippen molar-refractivity contribution in [1.29, 1.82) is 0 Å². The number of carbonyl (C=O) groups is 2. The van der Waals surface area contributed by atoms with E-state index in [1.165, 1.54) is 5.56 Å². The number of amides is 2. The lowest BCUT2D eigenvalue weighted by Gasteiger charge is -2.33. The Labute approximate surface area is 218 Å². The van der Waals surface area contributed by atoms with Gasteiger partial charge in [-0.15, -0.1) is 0 Å². The van der Waals surface area contributed by atoms with Crippen LogP contribution in [0.4, 0.5) is 10.5 Å². The summed E-state index contributed by atoms with van der Waals surface area (Å²) in [5.41, 5.74) is 5.32. The average molecular weight is 499 g/mol. The van der Waals surface area contributed by atoms with E-state index in [9.17, 15) is 9.59 Å². The van der Waals surface area contributed by atoms with Gasteiger partial charge in [-0.3, -0.25) is 9.69 Å². The Morgan fingerprint density at radius 2 is 1.65 bits per heavy atom. The fourth-order valence-electron chi connectivity index (χ4n) is 5.58. The number of hydrogen-bond donors (Lipinski definition) is 2. The first-order valence-electron chi connectivity index (χ1n) is 13.2. The Bertz CT molecular complexity index is 1230. The number of aliphatic carboxylic acids is 1. The SMILES string of the molecule is CC1CN(C(=O)NCc2ccccc2)c2ccc(-c3ccc(C4CCC(CC(=O)O)CC4)cc3)cc2O1. The first-order valence-corrected chi connectivity index (χ1v) is 13.2. The molecule has 3 aromatic carbocycles. The van der Waals surface area contributed by atoms with Gasteiger partial charge in [0.15, 0.2) is 0 Å². The highest BCUT2D eigenvalue weighted by Gasteiger charge is 2.28. The molecule has 1 aliphatic carbocycles. The number of carbonyl (C=O) groups excluding carboxylic acids is 1. The Morgan fingerprint density at radius 3 is 2.35 bits per heavy atom. The highest BCUT2D eigenvalue weighted by Crippen LogP contribution is 2.39. The number of hydrogen-bond acceptors (Lipinski definition) is 3. The highest BCUT2D eigenvalue weighted by atomic mass is 16.5. The molecule has 192 valence electrons. The normalized spacial score (nSPS) is 21.0. The third-order valence-corrected chi connectivity index (χ3v) is 7.58. The summed E-state index contributed by atoms with van der Waals surface area (Å²) >= 11 is 0. The summed E-state index contributed by atoms with van der Waals surface area (Å²) in [7, 11) is 0. The van der Waals surface area contributed by atoms with Crippen molar-refractivity contribution >= 4 is 17.7 Å². The van der Waals surface area contributed by atoms with Crippen LogP contribution >= 0.6 is 0 Å². The molecule has 1 aliphatic heterocycles. The number of nitrogens with one attached hydrogen (secondary N) is 1. The smallest absolute Gasteiger partial charge is 0.322 e. The van der Waals surface area contributed by atoms with Crippen LogP contribution in [0.25, 0.3) is 11.1 Å². The third-order valence-electron chi connectivity index (χ3n) is 7.58. The lowest BCUT2D eigenvalue weighted by molar-refractivity contribution is -0.138. The molecule has 2 aliphatic rings. The zero-order valence-electron chi connectivity index (χ0n) is 21.2. The molecule has 1 heterocycles. The Hall–Kier alpha value is -3.80. The summed E-state index contributed by atoms with van der Waals surface area (Å²) in [6, 6.07) is 24.5.